The van der Waals surface area contributed by atoms with Gasteiger partial charge in [-0.3, -0.25) is 4.79 Å². The fourth-order valence-electron chi connectivity index (χ4n) is 4.09. The quantitative estimate of drug-likeness (QED) is 0.195. The minimum absolute atomic E-state index is 0.0548. The molecule has 1 saturated carbocycles. The Kier molecular flexibility index (Phi) is 16.0. The minimum atomic E-state index is -0.472. The molecule has 0 aromatic carbocycles. The Hall–Kier alpha value is -0.950. The lowest BCUT2D eigenvalue weighted by molar-refractivity contribution is -0.140. The molecule has 1 fully saturated rings. The van der Waals surface area contributed by atoms with Crippen LogP contribution in [-0.2, 0) is 19.0 Å². The van der Waals surface area contributed by atoms with E-state index in [1.165, 1.54) is 32.8 Å². The van der Waals surface area contributed by atoms with Crippen molar-refractivity contribution in [1.82, 2.24) is 0 Å². The molecule has 0 saturated heterocycles. The van der Waals surface area contributed by atoms with Crippen LogP contribution in [0, 0.1) is 11.8 Å². The van der Waals surface area contributed by atoms with E-state index < -0.39 is 12.2 Å². The number of carbonyl (C=O) groups excluding carboxylic acids is 1. The van der Waals surface area contributed by atoms with Crippen molar-refractivity contribution in [2.45, 2.75) is 89.8 Å². The van der Waals surface area contributed by atoms with Gasteiger partial charge in [-0.25, -0.2) is 0 Å². The van der Waals surface area contributed by atoms with Gasteiger partial charge in [-0.1, -0.05) is 44.8 Å². The highest BCUT2D eigenvalue weighted by Gasteiger charge is 2.40. The molecule has 0 aromatic rings. The first-order valence-electron chi connectivity index (χ1n) is 11.8. The lowest BCUT2D eigenvalue weighted by Crippen LogP contribution is -2.23. The van der Waals surface area contributed by atoms with E-state index in [-0.39, 0.29) is 17.8 Å². The van der Waals surface area contributed by atoms with Crippen molar-refractivity contribution in [2.75, 3.05) is 33.5 Å². The van der Waals surface area contributed by atoms with Crippen LogP contribution in [0.2, 0.25) is 0 Å². The zero-order valence-corrected chi connectivity index (χ0v) is 19.1. The molecule has 30 heavy (non-hydrogen) atoms. The van der Waals surface area contributed by atoms with Crippen LogP contribution in [0.15, 0.2) is 12.2 Å². The van der Waals surface area contributed by atoms with E-state index in [4.69, 9.17) is 9.47 Å². The number of aliphatic hydroxyl groups is 2. The van der Waals surface area contributed by atoms with Gasteiger partial charge >= 0.3 is 5.97 Å². The van der Waals surface area contributed by atoms with Crippen LogP contribution in [0.1, 0.15) is 77.6 Å². The first kappa shape index (κ1) is 27.1. The fourth-order valence-corrected chi connectivity index (χ4v) is 4.09. The largest absolute Gasteiger partial charge is 0.469 e. The van der Waals surface area contributed by atoms with E-state index in [0.717, 1.165) is 38.7 Å². The van der Waals surface area contributed by atoms with Gasteiger partial charge in [0.15, 0.2) is 0 Å². The second-order valence-electron chi connectivity index (χ2n) is 8.30. The molecule has 0 heterocycles. The number of aliphatic hydroxyl groups excluding tert-OH is 2. The normalized spacial score (nSPS) is 24.0. The Morgan fingerprint density at radius 1 is 0.900 bits per heavy atom. The van der Waals surface area contributed by atoms with Crippen LogP contribution in [0.25, 0.3) is 0 Å². The Balaban J connectivity index is 2.13. The number of allylic oxidation sites excluding steroid dienone is 2. The van der Waals surface area contributed by atoms with Gasteiger partial charge in [0.2, 0.25) is 0 Å². The third-order valence-corrected chi connectivity index (χ3v) is 5.94. The van der Waals surface area contributed by atoms with Crippen LogP contribution >= 0.6 is 0 Å². The zero-order chi connectivity index (χ0) is 22.0. The molecular formula is C24H44O6. The highest BCUT2D eigenvalue weighted by molar-refractivity contribution is 5.69. The van der Waals surface area contributed by atoms with Gasteiger partial charge in [0.1, 0.15) is 0 Å². The summed E-state index contributed by atoms with van der Waals surface area (Å²) < 4.78 is 15.9. The second kappa shape index (κ2) is 17.7. The number of carbonyl (C=O) groups is 1. The summed E-state index contributed by atoms with van der Waals surface area (Å²) in [5.74, 6) is -0.0748. The predicted molar refractivity (Wildman–Crippen MR) is 118 cm³/mol. The molecule has 0 radical (unpaired) electrons. The molecule has 176 valence electrons. The summed E-state index contributed by atoms with van der Waals surface area (Å²) in [7, 11) is 1.40. The molecule has 1 unspecified atom stereocenters. The molecule has 1 aliphatic carbocycles. The van der Waals surface area contributed by atoms with E-state index in [9.17, 15) is 15.0 Å². The number of ether oxygens (including phenoxy) is 3. The molecule has 0 spiro atoms. The van der Waals surface area contributed by atoms with Crippen LogP contribution in [0.4, 0.5) is 0 Å². The Bertz CT molecular complexity index is 453. The molecular weight excluding hydrogens is 384 g/mol. The predicted octanol–water partition coefficient (Wildman–Crippen LogP) is 4.03. The summed E-state index contributed by atoms with van der Waals surface area (Å²) in [6, 6.07) is 0. The SMILES string of the molecule is CCCCCCCOCCOCCC1[C@H](O)C[C@H](O)[C@@H]1CC=CCCCC(=O)OC. The second-order valence-corrected chi connectivity index (χ2v) is 8.30. The number of unbranched alkanes of at least 4 members (excludes halogenated alkanes) is 5. The van der Waals surface area contributed by atoms with Gasteiger partial charge in [-0.15, -0.1) is 0 Å². The minimum Gasteiger partial charge on any atom is -0.469 e. The van der Waals surface area contributed by atoms with Crippen LogP contribution in [0.3, 0.4) is 0 Å². The zero-order valence-electron chi connectivity index (χ0n) is 19.1. The van der Waals surface area contributed by atoms with Crippen LogP contribution in [0.5, 0.6) is 0 Å². The number of hydrogen-bond acceptors (Lipinski definition) is 6. The summed E-state index contributed by atoms with van der Waals surface area (Å²) in [4.78, 5) is 11.1. The first-order chi connectivity index (χ1) is 14.6. The Morgan fingerprint density at radius 2 is 1.60 bits per heavy atom. The Morgan fingerprint density at radius 3 is 2.33 bits per heavy atom. The number of esters is 1. The molecule has 0 bridgehead atoms. The topological polar surface area (TPSA) is 85.2 Å². The van der Waals surface area contributed by atoms with E-state index in [1.807, 2.05) is 6.08 Å². The summed E-state index contributed by atoms with van der Waals surface area (Å²) in [5.41, 5.74) is 0. The molecule has 1 aliphatic rings. The number of hydrogen-bond donors (Lipinski definition) is 2. The summed E-state index contributed by atoms with van der Waals surface area (Å²) in [6.45, 7) is 4.78. The summed E-state index contributed by atoms with van der Waals surface area (Å²) in [5, 5.41) is 20.6. The molecule has 0 amide bonds. The van der Waals surface area contributed by atoms with Crippen molar-refractivity contribution in [1.29, 1.82) is 0 Å². The molecule has 0 aromatic heterocycles. The third kappa shape index (κ3) is 12.0. The van der Waals surface area contributed by atoms with E-state index in [1.54, 1.807) is 0 Å². The summed E-state index contributed by atoms with van der Waals surface area (Å²) in [6.07, 6.45) is 13.3. The average Bonchev–Trinajstić information content (AvgIpc) is 3.00. The first-order valence-corrected chi connectivity index (χ1v) is 11.8. The van der Waals surface area contributed by atoms with Gasteiger partial charge in [-0.2, -0.15) is 0 Å². The average molecular weight is 429 g/mol. The van der Waals surface area contributed by atoms with Crippen molar-refractivity contribution in [3.05, 3.63) is 12.2 Å². The van der Waals surface area contributed by atoms with Gasteiger partial charge in [-0.05, 0) is 50.4 Å². The third-order valence-electron chi connectivity index (χ3n) is 5.94. The lowest BCUT2D eigenvalue weighted by atomic mass is 9.88. The maximum absolute atomic E-state index is 11.1. The molecule has 6 heteroatoms. The smallest absolute Gasteiger partial charge is 0.305 e. The molecule has 6 nitrogen and oxygen atoms in total. The van der Waals surface area contributed by atoms with Crippen molar-refractivity contribution < 1.29 is 29.2 Å². The van der Waals surface area contributed by atoms with Crippen molar-refractivity contribution in [3.63, 3.8) is 0 Å². The monoisotopic (exact) mass is 428 g/mol. The fraction of sp³-hybridized carbons (Fsp3) is 0.875. The summed E-state index contributed by atoms with van der Waals surface area (Å²) >= 11 is 0. The van der Waals surface area contributed by atoms with Gasteiger partial charge in [0, 0.05) is 19.6 Å². The van der Waals surface area contributed by atoms with Gasteiger partial charge < -0.3 is 24.4 Å². The van der Waals surface area contributed by atoms with Crippen LogP contribution in [-0.4, -0.2) is 61.9 Å². The van der Waals surface area contributed by atoms with Crippen molar-refractivity contribution in [2.24, 2.45) is 11.8 Å². The highest BCUT2D eigenvalue weighted by atomic mass is 16.5. The number of rotatable bonds is 18. The molecule has 0 aliphatic heterocycles. The van der Waals surface area contributed by atoms with E-state index in [2.05, 4.69) is 17.7 Å². The highest BCUT2D eigenvalue weighted by Crippen LogP contribution is 2.37. The van der Waals surface area contributed by atoms with Gasteiger partial charge in [0.25, 0.3) is 0 Å². The lowest BCUT2D eigenvalue weighted by Gasteiger charge is -2.22. The molecule has 2 N–H and O–H groups in total. The standard InChI is InChI=1S/C24H44O6/c1-3-4-5-8-11-15-29-17-18-30-16-14-21-20(22(25)19-23(21)26)12-9-6-7-10-13-24(27)28-2/h6,9,20-23,25-26H,3-5,7-8,10-19H2,1-2H3/t20-,21?,22+,23-/m1/s1. The van der Waals surface area contributed by atoms with Gasteiger partial charge in [0.05, 0.1) is 32.5 Å². The van der Waals surface area contributed by atoms with Crippen LogP contribution < -0.4 is 0 Å². The number of methoxy groups -OCH3 is 1. The maximum atomic E-state index is 11.1. The molecule has 1 rings (SSSR count). The molecule has 4 atom stereocenters. The Labute approximate surface area is 183 Å². The van der Waals surface area contributed by atoms with E-state index >= 15 is 0 Å². The van der Waals surface area contributed by atoms with Crippen molar-refractivity contribution in [3.8, 4) is 0 Å². The van der Waals surface area contributed by atoms with Crippen molar-refractivity contribution >= 4 is 5.97 Å². The van der Waals surface area contributed by atoms with E-state index in [0.29, 0.717) is 32.7 Å². The maximum Gasteiger partial charge on any atom is 0.305 e.